The normalized spacial score (nSPS) is 13.3. The van der Waals surface area contributed by atoms with Crippen LogP contribution in [0.3, 0.4) is 0 Å². The van der Waals surface area contributed by atoms with Crippen LogP contribution < -0.4 is 11.1 Å². The van der Waals surface area contributed by atoms with Gasteiger partial charge >= 0.3 is 0 Å². The second-order valence-electron chi connectivity index (χ2n) is 3.97. The van der Waals surface area contributed by atoms with Crippen molar-refractivity contribution in [2.24, 2.45) is 11.1 Å². The molecule has 0 spiro atoms. The van der Waals surface area contributed by atoms with Crippen molar-refractivity contribution < 1.29 is 9.53 Å². The molecule has 1 unspecified atom stereocenters. The summed E-state index contributed by atoms with van der Waals surface area (Å²) in [6.45, 7) is 8.33. The molecule has 0 saturated heterocycles. The van der Waals surface area contributed by atoms with Crippen molar-refractivity contribution in [1.29, 1.82) is 0 Å². The second-order valence-corrected chi connectivity index (χ2v) is 4.41. The number of nitrogens with two attached hydrogens (primary N) is 1. The Morgan fingerprint density at radius 2 is 2.13 bits per heavy atom. The van der Waals surface area contributed by atoms with Crippen LogP contribution >= 0.6 is 12.2 Å². The number of carbonyl (C=O) groups is 1. The van der Waals surface area contributed by atoms with Gasteiger partial charge in [-0.3, -0.25) is 4.79 Å². The third kappa shape index (κ3) is 4.57. The lowest BCUT2D eigenvalue weighted by Gasteiger charge is -2.23. The number of nitrogens with one attached hydrogen (secondary N) is 1. The molecule has 0 saturated carbocycles. The van der Waals surface area contributed by atoms with E-state index in [0.29, 0.717) is 13.2 Å². The molecule has 0 fully saturated rings. The summed E-state index contributed by atoms with van der Waals surface area (Å²) in [6.07, 6.45) is 0.00101. The van der Waals surface area contributed by atoms with E-state index in [4.69, 9.17) is 22.7 Å². The molecular formula is C10H20N2O2S. The van der Waals surface area contributed by atoms with E-state index in [0.717, 1.165) is 0 Å². The molecule has 0 aliphatic carbocycles. The molecule has 0 rings (SSSR count). The number of hydrogen-bond donors (Lipinski definition) is 2. The summed E-state index contributed by atoms with van der Waals surface area (Å²) in [5, 5.41) is 2.76. The van der Waals surface area contributed by atoms with Gasteiger partial charge in [0.15, 0.2) is 0 Å². The summed E-state index contributed by atoms with van der Waals surface area (Å²) < 4.78 is 5.29. The summed E-state index contributed by atoms with van der Waals surface area (Å²) >= 11 is 4.82. The number of carbonyl (C=O) groups excluding carboxylic acids is 1. The van der Waals surface area contributed by atoms with Gasteiger partial charge in [-0.2, -0.15) is 0 Å². The van der Waals surface area contributed by atoms with E-state index >= 15 is 0 Å². The van der Waals surface area contributed by atoms with E-state index in [-0.39, 0.29) is 17.0 Å². The smallest absolute Gasteiger partial charge is 0.232 e. The number of rotatable bonds is 6. The monoisotopic (exact) mass is 232 g/mol. The lowest BCUT2D eigenvalue weighted by Crippen LogP contribution is -2.46. The number of amides is 1. The van der Waals surface area contributed by atoms with Crippen molar-refractivity contribution in [2.75, 3.05) is 13.2 Å². The third-order valence-corrected chi connectivity index (χ3v) is 2.70. The van der Waals surface area contributed by atoms with E-state index in [2.05, 4.69) is 5.32 Å². The van der Waals surface area contributed by atoms with Crippen LogP contribution in [-0.4, -0.2) is 30.2 Å². The maximum atomic E-state index is 11.7. The molecule has 0 bridgehead atoms. The fraction of sp³-hybridized carbons (Fsp3) is 0.800. The van der Waals surface area contributed by atoms with Crippen LogP contribution in [0.5, 0.6) is 0 Å². The molecule has 0 aliphatic rings. The molecule has 15 heavy (non-hydrogen) atoms. The van der Waals surface area contributed by atoms with Gasteiger partial charge < -0.3 is 15.8 Å². The first kappa shape index (κ1) is 14.3. The minimum Gasteiger partial charge on any atom is -0.392 e. The van der Waals surface area contributed by atoms with E-state index in [9.17, 15) is 4.79 Å². The Morgan fingerprint density at radius 1 is 1.60 bits per heavy atom. The summed E-state index contributed by atoms with van der Waals surface area (Å²) in [5.74, 6) is -0.165. The zero-order chi connectivity index (χ0) is 12.1. The first-order chi connectivity index (χ1) is 6.82. The van der Waals surface area contributed by atoms with E-state index < -0.39 is 5.41 Å². The highest BCUT2D eigenvalue weighted by Gasteiger charge is 2.30. The van der Waals surface area contributed by atoms with Gasteiger partial charge in [0.1, 0.15) is 0 Å². The third-order valence-electron chi connectivity index (χ3n) is 2.18. The molecule has 1 atom stereocenters. The Morgan fingerprint density at radius 3 is 2.53 bits per heavy atom. The SMILES string of the molecule is CCOC(C)CNC(=O)C(C)(C)C(N)=S. The molecule has 0 aliphatic heterocycles. The van der Waals surface area contributed by atoms with Gasteiger partial charge in [0.05, 0.1) is 16.5 Å². The molecular weight excluding hydrogens is 212 g/mol. The minimum absolute atomic E-state index is 0.00101. The van der Waals surface area contributed by atoms with Gasteiger partial charge in [0.25, 0.3) is 0 Å². The molecule has 3 N–H and O–H groups in total. The molecule has 1 amide bonds. The van der Waals surface area contributed by atoms with Crippen LogP contribution in [0.1, 0.15) is 27.7 Å². The first-order valence-electron chi connectivity index (χ1n) is 5.02. The highest BCUT2D eigenvalue weighted by atomic mass is 32.1. The fourth-order valence-electron chi connectivity index (χ4n) is 0.913. The van der Waals surface area contributed by atoms with Crippen LogP contribution in [0.25, 0.3) is 0 Å². The molecule has 0 heterocycles. The maximum absolute atomic E-state index is 11.7. The summed E-state index contributed by atoms with van der Waals surface area (Å²) in [7, 11) is 0. The Balaban J connectivity index is 4.09. The molecule has 0 aromatic carbocycles. The first-order valence-corrected chi connectivity index (χ1v) is 5.43. The number of hydrogen-bond acceptors (Lipinski definition) is 3. The largest absolute Gasteiger partial charge is 0.392 e. The molecule has 0 aromatic heterocycles. The molecule has 0 radical (unpaired) electrons. The molecule has 0 aromatic rings. The van der Waals surface area contributed by atoms with Crippen molar-refractivity contribution in [3.05, 3.63) is 0 Å². The van der Waals surface area contributed by atoms with Gasteiger partial charge in [0, 0.05) is 13.2 Å². The number of ether oxygens (including phenoxy) is 1. The highest BCUT2D eigenvalue weighted by Crippen LogP contribution is 2.15. The number of thiocarbonyl (C=S) groups is 1. The Labute approximate surface area is 96.5 Å². The zero-order valence-corrected chi connectivity index (χ0v) is 10.6. The Kier molecular flexibility index (Phi) is 5.75. The lowest BCUT2D eigenvalue weighted by molar-refractivity contribution is -0.126. The maximum Gasteiger partial charge on any atom is 0.232 e. The quantitative estimate of drug-likeness (QED) is 0.666. The van der Waals surface area contributed by atoms with Crippen molar-refractivity contribution in [3.8, 4) is 0 Å². The standard InChI is InChI=1S/C10H20N2O2S/c1-5-14-7(2)6-12-9(13)10(3,4)8(11)15/h7H,5-6H2,1-4H3,(H2,11,15)(H,12,13). The van der Waals surface area contributed by atoms with Crippen molar-refractivity contribution >= 4 is 23.1 Å². The summed E-state index contributed by atoms with van der Waals surface area (Å²) in [6, 6.07) is 0. The van der Waals surface area contributed by atoms with Gasteiger partial charge in [0.2, 0.25) is 5.91 Å². The average Bonchev–Trinajstić information content (AvgIpc) is 2.14. The van der Waals surface area contributed by atoms with Crippen LogP contribution in [0.2, 0.25) is 0 Å². The summed E-state index contributed by atoms with van der Waals surface area (Å²) in [4.78, 5) is 11.9. The lowest BCUT2D eigenvalue weighted by atomic mass is 9.92. The average molecular weight is 232 g/mol. The topological polar surface area (TPSA) is 64.3 Å². The van der Waals surface area contributed by atoms with Crippen LogP contribution in [0.15, 0.2) is 0 Å². The van der Waals surface area contributed by atoms with E-state index in [1.165, 1.54) is 0 Å². The van der Waals surface area contributed by atoms with Crippen LogP contribution in [0, 0.1) is 5.41 Å². The predicted octanol–water partition coefficient (Wildman–Crippen LogP) is 0.840. The van der Waals surface area contributed by atoms with Gasteiger partial charge in [-0.25, -0.2) is 0 Å². The van der Waals surface area contributed by atoms with Crippen LogP contribution in [0.4, 0.5) is 0 Å². The van der Waals surface area contributed by atoms with Crippen molar-refractivity contribution in [2.45, 2.75) is 33.8 Å². The Hall–Kier alpha value is -0.680. The highest BCUT2D eigenvalue weighted by molar-refractivity contribution is 7.80. The van der Waals surface area contributed by atoms with E-state index in [1.807, 2.05) is 13.8 Å². The predicted molar refractivity (Wildman–Crippen MR) is 64.7 cm³/mol. The van der Waals surface area contributed by atoms with E-state index in [1.54, 1.807) is 13.8 Å². The molecule has 5 heteroatoms. The van der Waals surface area contributed by atoms with Gasteiger partial charge in [-0.15, -0.1) is 0 Å². The molecule has 4 nitrogen and oxygen atoms in total. The zero-order valence-electron chi connectivity index (χ0n) is 9.79. The Bertz CT molecular complexity index is 242. The van der Waals surface area contributed by atoms with Gasteiger partial charge in [-0.1, -0.05) is 12.2 Å². The minimum atomic E-state index is -0.804. The molecule has 88 valence electrons. The summed E-state index contributed by atoms with van der Waals surface area (Å²) in [5.41, 5.74) is 4.67. The van der Waals surface area contributed by atoms with Gasteiger partial charge in [-0.05, 0) is 27.7 Å². The van der Waals surface area contributed by atoms with Crippen molar-refractivity contribution in [3.63, 3.8) is 0 Å². The second kappa shape index (κ2) is 6.02. The fourth-order valence-corrected chi connectivity index (χ4v) is 1.01. The van der Waals surface area contributed by atoms with Crippen LogP contribution in [-0.2, 0) is 9.53 Å². The van der Waals surface area contributed by atoms with Crippen molar-refractivity contribution in [1.82, 2.24) is 5.32 Å².